The molecular formula is C12H21NO2. The first kappa shape index (κ1) is 12.2. The number of carbonyl (C=O) groups excluding carboxylic acids is 1. The summed E-state index contributed by atoms with van der Waals surface area (Å²) in [7, 11) is 1.63. The molecule has 0 radical (unpaired) electrons. The fourth-order valence-electron chi connectivity index (χ4n) is 1.95. The van der Waals surface area contributed by atoms with E-state index in [0.29, 0.717) is 12.5 Å². The van der Waals surface area contributed by atoms with E-state index in [9.17, 15) is 4.79 Å². The first-order chi connectivity index (χ1) is 7.27. The first-order valence-electron chi connectivity index (χ1n) is 5.72. The quantitative estimate of drug-likeness (QED) is 0.664. The van der Waals surface area contributed by atoms with Crippen molar-refractivity contribution in [3.63, 3.8) is 0 Å². The highest BCUT2D eigenvalue weighted by atomic mass is 16.5. The maximum absolute atomic E-state index is 11.7. The molecule has 0 N–H and O–H groups in total. The highest BCUT2D eigenvalue weighted by Crippen LogP contribution is 2.19. The molecule has 3 nitrogen and oxygen atoms in total. The van der Waals surface area contributed by atoms with Crippen LogP contribution in [-0.4, -0.2) is 37.6 Å². The maximum Gasteiger partial charge on any atom is 0.246 e. The number of rotatable bonds is 4. The van der Waals surface area contributed by atoms with Crippen LogP contribution >= 0.6 is 0 Å². The predicted molar refractivity (Wildman–Crippen MR) is 60.6 cm³/mol. The molecule has 1 amide bonds. The fraction of sp³-hybridized carbons (Fsp3) is 0.750. The van der Waals surface area contributed by atoms with Crippen LogP contribution in [0.1, 0.15) is 26.2 Å². The van der Waals surface area contributed by atoms with Crippen LogP contribution in [0.2, 0.25) is 0 Å². The van der Waals surface area contributed by atoms with Crippen molar-refractivity contribution < 1.29 is 9.53 Å². The summed E-state index contributed by atoms with van der Waals surface area (Å²) < 4.78 is 4.86. The molecule has 1 rings (SSSR count). The first-order valence-corrected chi connectivity index (χ1v) is 5.72. The van der Waals surface area contributed by atoms with Gasteiger partial charge in [-0.2, -0.15) is 0 Å². The van der Waals surface area contributed by atoms with E-state index in [0.717, 1.165) is 19.5 Å². The lowest BCUT2D eigenvalue weighted by molar-refractivity contribution is -0.127. The van der Waals surface area contributed by atoms with Crippen LogP contribution in [0.3, 0.4) is 0 Å². The molecule has 1 atom stereocenters. The number of carbonyl (C=O) groups is 1. The molecular weight excluding hydrogens is 190 g/mol. The number of nitrogens with zero attached hydrogens (tertiary/aromatic N) is 1. The van der Waals surface area contributed by atoms with Gasteiger partial charge in [0.25, 0.3) is 0 Å². The van der Waals surface area contributed by atoms with Crippen LogP contribution in [0.25, 0.3) is 0 Å². The number of amides is 1. The highest BCUT2D eigenvalue weighted by Gasteiger charge is 2.20. The van der Waals surface area contributed by atoms with Gasteiger partial charge in [0.05, 0.1) is 6.61 Å². The molecule has 0 aromatic carbocycles. The Balaban J connectivity index is 2.38. The van der Waals surface area contributed by atoms with Crippen LogP contribution in [0, 0.1) is 5.92 Å². The third-order valence-corrected chi connectivity index (χ3v) is 2.93. The second-order valence-corrected chi connectivity index (χ2v) is 4.06. The largest absolute Gasteiger partial charge is 0.381 e. The van der Waals surface area contributed by atoms with Gasteiger partial charge in [-0.25, -0.2) is 0 Å². The summed E-state index contributed by atoms with van der Waals surface area (Å²) in [6.07, 6.45) is 6.98. The standard InChI is InChI=1S/C12H21NO2/c1-3-11-6-4-8-13(10-11)12(14)7-5-9-15-2/h5,7,11H,3-4,6,8-10H2,1-2H3/b7-5+. The molecule has 1 aliphatic heterocycles. The number of hydrogen-bond donors (Lipinski definition) is 0. The van der Waals surface area contributed by atoms with Crippen molar-refractivity contribution in [2.24, 2.45) is 5.92 Å². The monoisotopic (exact) mass is 211 g/mol. The van der Waals surface area contributed by atoms with Gasteiger partial charge in [-0.3, -0.25) is 4.79 Å². The predicted octanol–water partition coefficient (Wildman–Crippen LogP) is 1.84. The summed E-state index contributed by atoms with van der Waals surface area (Å²) in [4.78, 5) is 13.7. The number of hydrogen-bond acceptors (Lipinski definition) is 2. The lowest BCUT2D eigenvalue weighted by Crippen LogP contribution is -2.38. The Kier molecular flexibility index (Phi) is 5.40. The third kappa shape index (κ3) is 4.04. The van der Waals surface area contributed by atoms with E-state index < -0.39 is 0 Å². The van der Waals surface area contributed by atoms with E-state index in [2.05, 4.69) is 6.92 Å². The minimum atomic E-state index is 0.130. The molecule has 0 aromatic heterocycles. The number of methoxy groups -OCH3 is 1. The van der Waals surface area contributed by atoms with E-state index in [1.165, 1.54) is 12.8 Å². The molecule has 1 heterocycles. The van der Waals surface area contributed by atoms with Crippen LogP contribution < -0.4 is 0 Å². The molecule has 3 heteroatoms. The van der Waals surface area contributed by atoms with Gasteiger partial charge in [0, 0.05) is 26.3 Å². The molecule has 1 aliphatic rings. The average molecular weight is 211 g/mol. The van der Waals surface area contributed by atoms with E-state index in [4.69, 9.17) is 4.74 Å². The molecule has 86 valence electrons. The SMILES string of the molecule is CCC1CCCN(C(=O)/C=C/COC)C1. The summed E-state index contributed by atoms with van der Waals surface area (Å²) in [6.45, 7) is 4.54. The fourth-order valence-corrected chi connectivity index (χ4v) is 1.95. The van der Waals surface area contributed by atoms with Crippen LogP contribution in [0.5, 0.6) is 0 Å². The van der Waals surface area contributed by atoms with Crippen molar-refractivity contribution in [1.82, 2.24) is 4.90 Å². The Morgan fingerprint density at radius 2 is 2.40 bits per heavy atom. The van der Waals surface area contributed by atoms with Gasteiger partial charge in [0.1, 0.15) is 0 Å². The molecule has 15 heavy (non-hydrogen) atoms. The van der Waals surface area contributed by atoms with Crippen molar-refractivity contribution >= 4 is 5.91 Å². The average Bonchev–Trinajstić information content (AvgIpc) is 2.29. The number of piperidine rings is 1. The molecule has 1 saturated heterocycles. The van der Waals surface area contributed by atoms with E-state index in [-0.39, 0.29) is 5.91 Å². The molecule has 1 unspecified atom stereocenters. The lowest BCUT2D eigenvalue weighted by Gasteiger charge is -2.31. The van der Waals surface area contributed by atoms with Crippen molar-refractivity contribution in [3.8, 4) is 0 Å². The summed E-state index contributed by atoms with van der Waals surface area (Å²) in [6, 6.07) is 0. The number of ether oxygens (including phenoxy) is 1. The lowest BCUT2D eigenvalue weighted by atomic mass is 9.95. The highest BCUT2D eigenvalue weighted by molar-refractivity contribution is 5.87. The van der Waals surface area contributed by atoms with Gasteiger partial charge in [-0.05, 0) is 18.8 Å². The third-order valence-electron chi connectivity index (χ3n) is 2.93. The summed E-state index contributed by atoms with van der Waals surface area (Å²) in [5.41, 5.74) is 0. The maximum atomic E-state index is 11.7. The van der Waals surface area contributed by atoms with E-state index >= 15 is 0 Å². The topological polar surface area (TPSA) is 29.5 Å². The van der Waals surface area contributed by atoms with Crippen molar-refractivity contribution in [3.05, 3.63) is 12.2 Å². The van der Waals surface area contributed by atoms with E-state index in [1.54, 1.807) is 19.3 Å². The van der Waals surface area contributed by atoms with Crippen LogP contribution in [0.15, 0.2) is 12.2 Å². The molecule has 1 fully saturated rings. The van der Waals surface area contributed by atoms with Gasteiger partial charge in [-0.1, -0.05) is 19.4 Å². The Morgan fingerprint density at radius 1 is 1.60 bits per heavy atom. The second-order valence-electron chi connectivity index (χ2n) is 4.06. The summed E-state index contributed by atoms with van der Waals surface area (Å²) in [5, 5.41) is 0. The summed E-state index contributed by atoms with van der Waals surface area (Å²) >= 11 is 0. The van der Waals surface area contributed by atoms with Gasteiger partial charge in [0.15, 0.2) is 0 Å². The zero-order chi connectivity index (χ0) is 11.1. The van der Waals surface area contributed by atoms with Crippen molar-refractivity contribution in [2.75, 3.05) is 26.8 Å². The molecule has 0 aliphatic carbocycles. The van der Waals surface area contributed by atoms with Gasteiger partial charge in [-0.15, -0.1) is 0 Å². The van der Waals surface area contributed by atoms with Crippen molar-refractivity contribution in [1.29, 1.82) is 0 Å². The zero-order valence-electron chi connectivity index (χ0n) is 9.74. The van der Waals surface area contributed by atoms with Crippen LogP contribution in [0.4, 0.5) is 0 Å². The van der Waals surface area contributed by atoms with Gasteiger partial charge in [0.2, 0.25) is 5.91 Å². The van der Waals surface area contributed by atoms with Crippen LogP contribution in [-0.2, 0) is 9.53 Å². The summed E-state index contributed by atoms with van der Waals surface area (Å²) in [5.74, 6) is 0.823. The van der Waals surface area contributed by atoms with Gasteiger partial charge >= 0.3 is 0 Å². The van der Waals surface area contributed by atoms with E-state index in [1.807, 2.05) is 4.90 Å². The minimum absolute atomic E-state index is 0.130. The smallest absolute Gasteiger partial charge is 0.246 e. The second kappa shape index (κ2) is 6.62. The van der Waals surface area contributed by atoms with Gasteiger partial charge < -0.3 is 9.64 Å². The Bertz CT molecular complexity index is 226. The zero-order valence-corrected chi connectivity index (χ0v) is 9.74. The molecule has 0 saturated carbocycles. The molecule has 0 spiro atoms. The molecule has 0 bridgehead atoms. The Labute approximate surface area is 92.1 Å². The Hall–Kier alpha value is -0.830. The minimum Gasteiger partial charge on any atom is -0.381 e. The number of likely N-dealkylation sites (tertiary alicyclic amines) is 1. The Morgan fingerprint density at radius 3 is 3.07 bits per heavy atom. The van der Waals surface area contributed by atoms with Crippen molar-refractivity contribution in [2.45, 2.75) is 26.2 Å². The molecule has 0 aromatic rings. The normalized spacial score (nSPS) is 22.3.